The van der Waals surface area contributed by atoms with Gasteiger partial charge in [0.2, 0.25) is 0 Å². The van der Waals surface area contributed by atoms with E-state index in [0.29, 0.717) is 12.2 Å². The molecule has 1 N–H and O–H groups in total. The molecule has 0 amide bonds. The van der Waals surface area contributed by atoms with E-state index in [0.717, 1.165) is 33.2 Å². The molecular formula is C23H21NO3S. The van der Waals surface area contributed by atoms with E-state index in [1.54, 1.807) is 32.0 Å². The quantitative estimate of drug-likeness (QED) is 0.614. The Hall–Kier alpha value is -2.92. The Bertz CT molecular complexity index is 1030. The molecule has 4 nitrogen and oxygen atoms in total. The van der Waals surface area contributed by atoms with E-state index in [9.17, 15) is 5.11 Å². The fourth-order valence-corrected chi connectivity index (χ4v) is 4.63. The first-order valence-electron chi connectivity index (χ1n) is 9.03. The highest BCUT2D eigenvalue weighted by Crippen LogP contribution is 2.48. The molecule has 0 bridgehead atoms. The zero-order valence-electron chi connectivity index (χ0n) is 15.8. The number of aliphatic imine (C=N–C) groups is 1. The Balaban J connectivity index is 1.83. The first-order valence-corrected chi connectivity index (χ1v) is 9.91. The van der Waals surface area contributed by atoms with Gasteiger partial charge in [0.05, 0.1) is 25.6 Å². The maximum Gasteiger partial charge on any atom is 0.128 e. The normalized spacial score (nSPS) is 15.9. The lowest BCUT2D eigenvalue weighted by molar-refractivity contribution is 0.407. The number of rotatable bonds is 4. The van der Waals surface area contributed by atoms with Crippen molar-refractivity contribution in [3.05, 3.63) is 77.9 Å². The molecule has 0 spiro atoms. The minimum atomic E-state index is 0.111. The number of benzene rings is 3. The minimum absolute atomic E-state index is 0.111. The van der Waals surface area contributed by atoms with Gasteiger partial charge in [-0.2, -0.15) is 0 Å². The van der Waals surface area contributed by atoms with Crippen LogP contribution in [0, 0.1) is 0 Å². The van der Waals surface area contributed by atoms with Crippen LogP contribution in [0.2, 0.25) is 0 Å². The molecule has 0 saturated carbocycles. The van der Waals surface area contributed by atoms with Crippen molar-refractivity contribution in [3.8, 4) is 17.2 Å². The maximum atomic E-state index is 10.6. The topological polar surface area (TPSA) is 51.0 Å². The number of methoxy groups -OCH3 is 2. The number of phenolic OH excluding ortho intramolecular Hbond substituents is 1. The van der Waals surface area contributed by atoms with Crippen molar-refractivity contribution in [1.82, 2.24) is 0 Å². The van der Waals surface area contributed by atoms with E-state index in [2.05, 4.69) is 12.1 Å². The van der Waals surface area contributed by atoms with E-state index < -0.39 is 0 Å². The summed E-state index contributed by atoms with van der Waals surface area (Å²) in [5.74, 6) is 1.64. The van der Waals surface area contributed by atoms with Crippen LogP contribution >= 0.6 is 11.8 Å². The number of phenols is 1. The third-order valence-electron chi connectivity index (χ3n) is 4.77. The Morgan fingerprint density at radius 2 is 1.75 bits per heavy atom. The van der Waals surface area contributed by atoms with Crippen LogP contribution in [-0.2, 0) is 0 Å². The summed E-state index contributed by atoms with van der Waals surface area (Å²) in [7, 11) is 3.28. The van der Waals surface area contributed by atoms with Gasteiger partial charge in [-0.1, -0.05) is 30.3 Å². The lowest BCUT2D eigenvalue weighted by atomic mass is 9.99. The predicted molar refractivity (Wildman–Crippen MR) is 114 cm³/mol. The highest BCUT2D eigenvalue weighted by atomic mass is 32.2. The number of ether oxygens (including phenoxy) is 2. The van der Waals surface area contributed by atoms with Crippen LogP contribution in [0.1, 0.15) is 22.8 Å². The molecule has 28 heavy (non-hydrogen) atoms. The van der Waals surface area contributed by atoms with Crippen LogP contribution in [0.3, 0.4) is 0 Å². The molecule has 3 aromatic rings. The molecular weight excluding hydrogens is 370 g/mol. The second kappa shape index (κ2) is 7.98. The summed E-state index contributed by atoms with van der Waals surface area (Å²) >= 11 is 1.77. The summed E-state index contributed by atoms with van der Waals surface area (Å²) in [6, 6.07) is 21.5. The molecule has 0 aliphatic carbocycles. The number of para-hydroxylation sites is 2. The SMILES string of the molecule is COc1ccc(C2=Nc3ccccc3SC(c3ccccc3OC)C2)c(O)c1. The minimum Gasteiger partial charge on any atom is -0.507 e. The van der Waals surface area contributed by atoms with Gasteiger partial charge in [0, 0.05) is 33.8 Å². The number of hydrogen-bond acceptors (Lipinski definition) is 5. The van der Waals surface area contributed by atoms with Gasteiger partial charge in [0.25, 0.3) is 0 Å². The van der Waals surface area contributed by atoms with E-state index in [1.165, 1.54) is 0 Å². The van der Waals surface area contributed by atoms with Crippen LogP contribution < -0.4 is 9.47 Å². The Morgan fingerprint density at radius 3 is 2.54 bits per heavy atom. The summed E-state index contributed by atoms with van der Waals surface area (Å²) in [4.78, 5) is 6.02. The second-order valence-electron chi connectivity index (χ2n) is 6.46. The van der Waals surface area contributed by atoms with Crippen molar-refractivity contribution in [1.29, 1.82) is 0 Å². The number of aromatic hydroxyl groups is 1. The second-order valence-corrected chi connectivity index (χ2v) is 7.71. The van der Waals surface area contributed by atoms with E-state index >= 15 is 0 Å². The lowest BCUT2D eigenvalue weighted by Gasteiger charge is -2.19. The summed E-state index contributed by atoms with van der Waals surface area (Å²) in [5, 5.41) is 10.7. The third kappa shape index (κ3) is 3.58. The van der Waals surface area contributed by atoms with Crippen molar-refractivity contribution in [2.45, 2.75) is 16.6 Å². The first kappa shape index (κ1) is 18.4. The highest BCUT2D eigenvalue weighted by molar-refractivity contribution is 7.99. The van der Waals surface area contributed by atoms with Crippen molar-refractivity contribution in [2.24, 2.45) is 4.99 Å². The summed E-state index contributed by atoms with van der Waals surface area (Å²) in [5.41, 5.74) is 3.59. The largest absolute Gasteiger partial charge is 0.507 e. The van der Waals surface area contributed by atoms with Crippen molar-refractivity contribution in [3.63, 3.8) is 0 Å². The molecule has 1 aliphatic heterocycles. The molecule has 0 fully saturated rings. The molecule has 4 rings (SSSR count). The number of fused-ring (bicyclic) bond motifs is 1. The van der Waals surface area contributed by atoms with Crippen LogP contribution in [0.25, 0.3) is 0 Å². The lowest BCUT2D eigenvalue weighted by Crippen LogP contribution is -2.07. The number of nitrogens with zero attached hydrogens (tertiary/aromatic N) is 1. The molecule has 0 saturated heterocycles. The highest BCUT2D eigenvalue weighted by Gasteiger charge is 2.25. The van der Waals surface area contributed by atoms with Gasteiger partial charge in [-0.3, -0.25) is 4.99 Å². The third-order valence-corrected chi connectivity index (χ3v) is 6.07. The van der Waals surface area contributed by atoms with Gasteiger partial charge in [-0.15, -0.1) is 11.8 Å². The number of hydrogen-bond donors (Lipinski definition) is 1. The fourth-order valence-electron chi connectivity index (χ4n) is 3.37. The summed E-state index contributed by atoms with van der Waals surface area (Å²) in [6.07, 6.45) is 0.666. The zero-order valence-corrected chi connectivity index (χ0v) is 16.6. The molecule has 5 heteroatoms. The van der Waals surface area contributed by atoms with E-state index in [1.807, 2.05) is 48.5 Å². The fraction of sp³-hybridized carbons (Fsp3) is 0.174. The van der Waals surface area contributed by atoms with Crippen molar-refractivity contribution >= 4 is 23.2 Å². The molecule has 0 radical (unpaired) electrons. The molecule has 142 valence electrons. The van der Waals surface area contributed by atoms with Crippen LogP contribution in [0.4, 0.5) is 5.69 Å². The average Bonchev–Trinajstić information content (AvgIpc) is 2.93. The first-order chi connectivity index (χ1) is 13.7. The standard InChI is InChI=1S/C23H21NO3S/c1-26-15-11-12-16(20(25)13-15)19-14-23(17-7-3-5-9-21(17)27-2)28-22-10-6-4-8-18(22)24-19/h3-13,23,25H,14H2,1-2H3. The van der Waals surface area contributed by atoms with Crippen LogP contribution in [0.15, 0.2) is 76.6 Å². The summed E-state index contributed by atoms with van der Waals surface area (Å²) in [6.45, 7) is 0. The molecule has 1 aliphatic rings. The Morgan fingerprint density at radius 1 is 0.964 bits per heavy atom. The van der Waals surface area contributed by atoms with Gasteiger partial charge in [-0.25, -0.2) is 0 Å². The maximum absolute atomic E-state index is 10.6. The van der Waals surface area contributed by atoms with Crippen LogP contribution in [-0.4, -0.2) is 25.0 Å². The smallest absolute Gasteiger partial charge is 0.128 e. The van der Waals surface area contributed by atoms with Crippen LogP contribution in [0.5, 0.6) is 17.2 Å². The van der Waals surface area contributed by atoms with Gasteiger partial charge in [0.1, 0.15) is 17.2 Å². The van der Waals surface area contributed by atoms with Crippen molar-refractivity contribution in [2.75, 3.05) is 14.2 Å². The molecule has 1 unspecified atom stereocenters. The van der Waals surface area contributed by atoms with Gasteiger partial charge >= 0.3 is 0 Å². The van der Waals surface area contributed by atoms with E-state index in [4.69, 9.17) is 14.5 Å². The average molecular weight is 391 g/mol. The number of thioether (sulfide) groups is 1. The Labute approximate surface area is 168 Å². The van der Waals surface area contributed by atoms with Gasteiger partial charge in [-0.05, 0) is 30.3 Å². The predicted octanol–water partition coefficient (Wildman–Crippen LogP) is 5.77. The summed E-state index contributed by atoms with van der Waals surface area (Å²) < 4.78 is 10.8. The zero-order chi connectivity index (χ0) is 19.5. The molecule has 1 atom stereocenters. The van der Waals surface area contributed by atoms with Gasteiger partial charge < -0.3 is 14.6 Å². The van der Waals surface area contributed by atoms with Crippen molar-refractivity contribution < 1.29 is 14.6 Å². The molecule has 0 aromatic heterocycles. The Kier molecular flexibility index (Phi) is 5.26. The molecule has 3 aromatic carbocycles. The molecule has 1 heterocycles. The van der Waals surface area contributed by atoms with Gasteiger partial charge in [0.15, 0.2) is 0 Å². The monoisotopic (exact) mass is 391 g/mol. The van der Waals surface area contributed by atoms with E-state index in [-0.39, 0.29) is 11.0 Å².